The molecule has 5 nitrogen and oxygen atoms in total. The van der Waals surface area contributed by atoms with Gasteiger partial charge in [0.1, 0.15) is 19.0 Å². The van der Waals surface area contributed by atoms with Crippen LogP contribution >= 0.6 is 0 Å². The zero-order valence-electron chi connectivity index (χ0n) is 15.4. The minimum Gasteiger partial charge on any atom is -0.491 e. The first kappa shape index (κ1) is 19.4. The molecule has 0 spiro atoms. The van der Waals surface area contributed by atoms with Gasteiger partial charge in [0, 0.05) is 18.7 Å². The standard InChI is InChI=1S/C21H26FNO4/c22-9-10-27-19-7-5-15(6-8-19)11-18(21(25)26)12-20(24)23-13-16-3-1-2-4-17(16)14-23/h5-8,11,16-17H,1-4,9-10,12-14H2,(H,25,26)/b18-11+. The Kier molecular flexibility index (Phi) is 6.48. The second-order valence-electron chi connectivity index (χ2n) is 7.36. The summed E-state index contributed by atoms with van der Waals surface area (Å²) in [5.41, 5.74) is 0.746. The lowest BCUT2D eigenvalue weighted by Gasteiger charge is -2.22. The van der Waals surface area contributed by atoms with Crippen LogP contribution in [0.25, 0.3) is 6.08 Å². The van der Waals surface area contributed by atoms with Gasteiger partial charge in [0.25, 0.3) is 0 Å². The zero-order valence-corrected chi connectivity index (χ0v) is 15.4. The molecule has 1 N–H and O–H groups in total. The fourth-order valence-corrected chi connectivity index (χ4v) is 4.09. The van der Waals surface area contributed by atoms with Gasteiger partial charge in [-0.3, -0.25) is 4.79 Å². The first-order valence-corrected chi connectivity index (χ1v) is 9.57. The van der Waals surface area contributed by atoms with Crippen molar-refractivity contribution in [2.24, 2.45) is 11.8 Å². The van der Waals surface area contributed by atoms with Crippen molar-refractivity contribution in [2.45, 2.75) is 32.1 Å². The summed E-state index contributed by atoms with van der Waals surface area (Å²) in [6.45, 7) is 0.945. The third kappa shape index (κ3) is 5.08. The van der Waals surface area contributed by atoms with Crippen molar-refractivity contribution in [1.82, 2.24) is 4.90 Å². The molecule has 1 amide bonds. The second kappa shape index (κ2) is 9.02. The third-order valence-corrected chi connectivity index (χ3v) is 5.51. The second-order valence-corrected chi connectivity index (χ2v) is 7.36. The number of nitrogens with zero attached hydrogens (tertiary/aromatic N) is 1. The molecule has 6 heteroatoms. The molecule has 0 bridgehead atoms. The van der Waals surface area contributed by atoms with Gasteiger partial charge in [-0.2, -0.15) is 0 Å². The molecular weight excluding hydrogens is 349 g/mol. The molecule has 3 rings (SSSR count). The number of fused-ring (bicyclic) bond motifs is 1. The smallest absolute Gasteiger partial charge is 0.332 e. The van der Waals surface area contributed by atoms with Crippen molar-refractivity contribution in [2.75, 3.05) is 26.4 Å². The molecule has 2 aliphatic rings. The van der Waals surface area contributed by atoms with E-state index in [1.807, 2.05) is 4.90 Å². The molecule has 1 aromatic rings. The summed E-state index contributed by atoms with van der Waals surface area (Å²) in [7, 11) is 0. The highest BCUT2D eigenvalue weighted by atomic mass is 19.1. The van der Waals surface area contributed by atoms with Crippen LogP contribution in [-0.2, 0) is 9.59 Å². The van der Waals surface area contributed by atoms with Gasteiger partial charge < -0.3 is 14.7 Å². The highest BCUT2D eigenvalue weighted by molar-refractivity contribution is 5.98. The van der Waals surface area contributed by atoms with Gasteiger partial charge in [0.15, 0.2) is 0 Å². The van der Waals surface area contributed by atoms with E-state index in [0.717, 1.165) is 13.1 Å². The van der Waals surface area contributed by atoms with Gasteiger partial charge in [-0.25, -0.2) is 9.18 Å². The third-order valence-electron chi connectivity index (χ3n) is 5.51. The van der Waals surface area contributed by atoms with E-state index < -0.39 is 12.6 Å². The molecule has 1 saturated heterocycles. The molecule has 1 aliphatic heterocycles. The maximum atomic E-state index is 12.6. The minimum atomic E-state index is -1.09. The maximum Gasteiger partial charge on any atom is 0.332 e. The molecular formula is C21H26FNO4. The van der Waals surface area contributed by atoms with Crippen LogP contribution < -0.4 is 4.74 Å². The quantitative estimate of drug-likeness (QED) is 0.740. The Balaban J connectivity index is 1.64. The monoisotopic (exact) mass is 375 g/mol. The lowest BCUT2D eigenvalue weighted by atomic mass is 9.82. The number of aliphatic carboxylic acids is 1. The first-order chi connectivity index (χ1) is 13.1. The summed E-state index contributed by atoms with van der Waals surface area (Å²) < 4.78 is 17.3. The molecule has 2 unspecified atom stereocenters. The molecule has 0 radical (unpaired) electrons. The molecule has 1 heterocycles. The number of halogens is 1. The van der Waals surface area contributed by atoms with Gasteiger partial charge in [-0.05, 0) is 48.4 Å². The topological polar surface area (TPSA) is 66.8 Å². The highest BCUT2D eigenvalue weighted by Crippen LogP contribution is 2.36. The molecule has 0 aromatic heterocycles. The van der Waals surface area contributed by atoms with E-state index in [1.54, 1.807) is 24.3 Å². The lowest BCUT2D eigenvalue weighted by molar-refractivity contribution is -0.136. The van der Waals surface area contributed by atoms with E-state index >= 15 is 0 Å². The number of carboxylic acid groups (broad SMARTS) is 1. The van der Waals surface area contributed by atoms with E-state index in [0.29, 0.717) is 23.1 Å². The van der Waals surface area contributed by atoms with Crippen molar-refractivity contribution in [1.29, 1.82) is 0 Å². The van der Waals surface area contributed by atoms with Gasteiger partial charge in [0.05, 0.1) is 6.42 Å². The number of hydrogen-bond donors (Lipinski definition) is 1. The number of hydrogen-bond acceptors (Lipinski definition) is 3. The predicted molar refractivity (Wildman–Crippen MR) is 100 cm³/mol. The molecule has 2 fully saturated rings. The number of carbonyl (C=O) groups is 2. The SMILES string of the molecule is O=C(O)/C(=C/c1ccc(OCCF)cc1)CC(=O)N1CC2CCCCC2C1. The number of likely N-dealkylation sites (tertiary alicyclic amines) is 1. The van der Waals surface area contributed by atoms with Gasteiger partial charge >= 0.3 is 5.97 Å². The number of benzene rings is 1. The Hall–Kier alpha value is -2.37. The first-order valence-electron chi connectivity index (χ1n) is 9.57. The van der Waals surface area contributed by atoms with Gasteiger partial charge in [0.2, 0.25) is 5.91 Å². The van der Waals surface area contributed by atoms with Crippen molar-refractivity contribution in [3.05, 3.63) is 35.4 Å². The van der Waals surface area contributed by atoms with Crippen molar-refractivity contribution < 1.29 is 23.8 Å². The number of carbonyl (C=O) groups excluding carboxylic acids is 1. The van der Waals surface area contributed by atoms with Crippen LogP contribution in [0.15, 0.2) is 29.8 Å². The molecule has 27 heavy (non-hydrogen) atoms. The van der Waals surface area contributed by atoms with Crippen LogP contribution in [-0.4, -0.2) is 48.3 Å². The predicted octanol–water partition coefficient (Wildman–Crippen LogP) is 3.54. The summed E-state index contributed by atoms with van der Waals surface area (Å²) in [5.74, 6) is 0.490. The molecule has 1 saturated carbocycles. The van der Waals surface area contributed by atoms with Crippen LogP contribution in [0.5, 0.6) is 5.75 Å². The summed E-state index contributed by atoms with van der Waals surface area (Å²) in [6, 6.07) is 6.72. The van der Waals surface area contributed by atoms with Crippen molar-refractivity contribution in [3.8, 4) is 5.75 Å². The number of ether oxygens (including phenoxy) is 1. The molecule has 146 valence electrons. The van der Waals surface area contributed by atoms with E-state index in [-0.39, 0.29) is 24.5 Å². The van der Waals surface area contributed by atoms with Gasteiger partial charge in [-0.15, -0.1) is 0 Å². The Bertz CT molecular complexity index is 687. The summed E-state index contributed by atoms with van der Waals surface area (Å²) in [6.07, 6.45) is 6.22. The maximum absolute atomic E-state index is 12.6. The minimum absolute atomic E-state index is 0.0120. The average Bonchev–Trinajstić information content (AvgIpc) is 3.11. The molecule has 1 aliphatic carbocycles. The summed E-state index contributed by atoms with van der Waals surface area (Å²) in [5, 5.41) is 9.50. The van der Waals surface area contributed by atoms with Crippen LogP contribution in [0.1, 0.15) is 37.7 Å². The van der Waals surface area contributed by atoms with Crippen LogP contribution in [0.2, 0.25) is 0 Å². The number of rotatable bonds is 7. The Morgan fingerprint density at radius 3 is 2.33 bits per heavy atom. The van der Waals surface area contributed by atoms with Crippen molar-refractivity contribution >= 4 is 18.0 Å². The fraction of sp³-hybridized carbons (Fsp3) is 0.524. The van der Waals surface area contributed by atoms with Crippen LogP contribution in [0.4, 0.5) is 4.39 Å². The molecule has 2 atom stereocenters. The van der Waals surface area contributed by atoms with E-state index in [1.165, 1.54) is 31.8 Å². The van der Waals surface area contributed by atoms with E-state index in [9.17, 15) is 19.1 Å². The molecule has 1 aromatic carbocycles. The largest absolute Gasteiger partial charge is 0.491 e. The van der Waals surface area contributed by atoms with E-state index in [4.69, 9.17) is 4.74 Å². The number of carboxylic acids is 1. The normalized spacial score (nSPS) is 22.4. The zero-order chi connectivity index (χ0) is 19.2. The van der Waals surface area contributed by atoms with Crippen LogP contribution in [0, 0.1) is 11.8 Å². The summed E-state index contributed by atoms with van der Waals surface area (Å²) >= 11 is 0. The Labute approximate surface area is 158 Å². The fourth-order valence-electron chi connectivity index (χ4n) is 4.09. The highest BCUT2D eigenvalue weighted by Gasteiger charge is 2.36. The van der Waals surface area contributed by atoms with E-state index in [2.05, 4.69) is 0 Å². The average molecular weight is 375 g/mol. The van der Waals surface area contributed by atoms with Crippen LogP contribution in [0.3, 0.4) is 0 Å². The lowest BCUT2D eigenvalue weighted by Crippen LogP contribution is -2.29. The Morgan fingerprint density at radius 1 is 1.15 bits per heavy atom. The number of alkyl halides is 1. The summed E-state index contributed by atoms with van der Waals surface area (Å²) in [4.78, 5) is 26.1. The number of amides is 1. The Morgan fingerprint density at radius 2 is 1.78 bits per heavy atom. The van der Waals surface area contributed by atoms with Gasteiger partial charge in [-0.1, -0.05) is 25.0 Å². The van der Waals surface area contributed by atoms with Crippen molar-refractivity contribution in [3.63, 3.8) is 0 Å².